The fraction of sp³-hybridized carbons (Fsp3) is 0.300. The molecule has 3 rings (SSSR count). The van der Waals surface area contributed by atoms with Crippen LogP contribution in [-0.4, -0.2) is 0 Å². The van der Waals surface area contributed by atoms with E-state index in [1.54, 1.807) is 0 Å². The number of aryl methyl sites for hydroxylation is 2. The highest BCUT2D eigenvalue weighted by molar-refractivity contribution is 5.51. The molecule has 1 aliphatic carbocycles. The second-order valence-electron chi connectivity index (χ2n) is 6.00. The topological polar surface area (TPSA) is 0 Å². The van der Waals surface area contributed by atoms with Crippen LogP contribution in [-0.2, 0) is 19.3 Å². The number of halogens is 2. The van der Waals surface area contributed by atoms with Crippen LogP contribution in [0.2, 0.25) is 0 Å². The van der Waals surface area contributed by atoms with Crippen molar-refractivity contribution in [3.05, 3.63) is 76.4 Å². The minimum absolute atomic E-state index is 0.0759. The molecule has 0 bridgehead atoms. The van der Waals surface area contributed by atoms with Crippen molar-refractivity contribution in [2.75, 3.05) is 0 Å². The average Bonchev–Trinajstić information content (AvgIpc) is 2.53. The van der Waals surface area contributed by atoms with Crippen molar-refractivity contribution in [2.45, 2.75) is 38.5 Å². The number of benzene rings is 2. The zero-order valence-corrected chi connectivity index (χ0v) is 12.8. The van der Waals surface area contributed by atoms with Gasteiger partial charge in [-0.3, -0.25) is 0 Å². The smallest absolute Gasteiger partial charge is 0.129 e. The summed E-state index contributed by atoms with van der Waals surface area (Å²) in [6, 6.07) is 9.17. The zero-order valence-electron chi connectivity index (χ0n) is 12.8. The van der Waals surface area contributed by atoms with E-state index in [2.05, 4.69) is 18.7 Å². The van der Waals surface area contributed by atoms with E-state index in [0.29, 0.717) is 18.4 Å². The molecule has 0 N–H and O–H groups in total. The lowest BCUT2D eigenvalue weighted by atomic mass is 9.79. The summed E-state index contributed by atoms with van der Waals surface area (Å²) in [5.74, 6) is -0.867. The van der Waals surface area contributed by atoms with Crippen LogP contribution in [0, 0.1) is 11.6 Å². The summed E-state index contributed by atoms with van der Waals surface area (Å²) in [5, 5.41) is 0. The van der Waals surface area contributed by atoms with Gasteiger partial charge in [-0.15, -0.1) is 0 Å². The van der Waals surface area contributed by atoms with Crippen molar-refractivity contribution >= 4 is 6.08 Å². The molecule has 2 aromatic rings. The Morgan fingerprint density at radius 2 is 1.86 bits per heavy atom. The Labute approximate surface area is 130 Å². The van der Waals surface area contributed by atoms with E-state index in [0.717, 1.165) is 18.4 Å². The monoisotopic (exact) mass is 298 g/mol. The van der Waals surface area contributed by atoms with Crippen LogP contribution in [0.25, 0.3) is 6.08 Å². The summed E-state index contributed by atoms with van der Waals surface area (Å²) < 4.78 is 28.6. The highest BCUT2D eigenvalue weighted by Gasteiger charge is 2.25. The Bertz CT molecular complexity index is 693. The molecule has 22 heavy (non-hydrogen) atoms. The van der Waals surface area contributed by atoms with Gasteiger partial charge in [0.25, 0.3) is 0 Å². The number of fused-ring (bicyclic) bond motifs is 1. The molecular weight excluding hydrogens is 278 g/mol. The number of hydrogen-bond donors (Lipinski definition) is 0. The first-order chi connectivity index (χ1) is 10.6. The maximum absolute atomic E-state index is 14.3. The molecular formula is C20H20F2. The van der Waals surface area contributed by atoms with Gasteiger partial charge in [0.2, 0.25) is 0 Å². The Balaban J connectivity index is 1.93. The van der Waals surface area contributed by atoms with E-state index in [9.17, 15) is 8.78 Å². The van der Waals surface area contributed by atoms with Crippen LogP contribution in [0.3, 0.4) is 0 Å². The van der Waals surface area contributed by atoms with Crippen molar-refractivity contribution in [1.29, 1.82) is 0 Å². The standard InChI is InChI=1S/C20H20F2/c1-3-13-5-6-16-12-17(8-7-15(16)9-13)20-18(21)10-14(4-2)11-19(20)22/h3,5-6,9-11,17H,1,4,7-8,12H2,2H3. The van der Waals surface area contributed by atoms with E-state index < -0.39 is 11.6 Å². The van der Waals surface area contributed by atoms with Crippen LogP contribution in [0.5, 0.6) is 0 Å². The van der Waals surface area contributed by atoms with Crippen molar-refractivity contribution in [3.63, 3.8) is 0 Å². The summed E-state index contributed by atoms with van der Waals surface area (Å²) in [7, 11) is 0. The Hall–Kier alpha value is -1.96. The van der Waals surface area contributed by atoms with Gasteiger partial charge in [0.1, 0.15) is 11.6 Å². The van der Waals surface area contributed by atoms with Gasteiger partial charge in [-0.2, -0.15) is 0 Å². The average molecular weight is 298 g/mol. The third kappa shape index (κ3) is 2.70. The Kier molecular flexibility index (Phi) is 4.10. The predicted molar refractivity (Wildman–Crippen MR) is 87.0 cm³/mol. The lowest BCUT2D eigenvalue weighted by Crippen LogP contribution is -2.16. The lowest BCUT2D eigenvalue weighted by molar-refractivity contribution is 0.490. The van der Waals surface area contributed by atoms with Crippen LogP contribution < -0.4 is 0 Å². The molecule has 1 atom stereocenters. The van der Waals surface area contributed by atoms with Crippen molar-refractivity contribution < 1.29 is 8.78 Å². The Morgan fingerprint density at radius 3 is 2.50 bits per heavy atom. The summed E-state index contributed by atoms with van der Waals surface area (Å²) in [6.07, 6.45) is 4.82. The number of rotatable bonds is 3. The molecule has 1 aliphatic rings. The van der Waals surface area contributed by atoms with Gasteiger partial charge in [-0.1, -0.05) is 37.8 Å². The first-order valence-electron chi connectivity index (χ1n) is 7.84. The quantitative estimate of drug-likeness (QED) is 0.707. The molecule has 0 aromatic heterocycles. The second-order valence-corrected chi connectivity index (χ2v) is 6.00. The second kappa shape index (κ2) is 6.04. The van der Waals surface area contributed by atoms with Gasteiger partial charge in [-0.25, -0.2) is 8.78 Å². The van der Waals surface area contributed by atoms with Crippen molar-refractivity contribution in [2.24, 2.45) is 0 Å². The van der Waals surface area contributed by atoms with Crippen LogP contribution >= 0.6 is 0 Å². The van der Waals surface area contributed by atoms with Crippen molar-refractivity contribution in [3.8, 4) is 0 Å². The molecule has 2 aromatic carbocycles. The van der Waals surface area contributed by atoms with Gasteiger partial charge >= 0.3 is 0 Å². The van der Waals surface area contributed by atoms with Crippen LogP contribution in [0.1, 0.15) is 47.1 Å². The molecule has 114 valence electrons. The molecule has 0 fully saturated rings. The van der Waals surface area contributed by atoms with Gasteiger partial charge < -0.3 is 0 Å². The van der Waals surface area contributed by atoms with Gasteiger partial charge in [0, 0.05) is 5.56 Å². The summed E-state index contributed by atoms with van der Waals surface area (Å²) in [6.45, 7) is 5.69. The van der Waals surface area contributed by atoms with Gasteiger partial charge in [-0.05, 0) is 66.0 Å². The fourth-order valence-electron chi connectivity index (χ4n) is 3.38. The molecule has 2 heteroatoms. The van der Waals surface area contributed by atoms with E-state index in [1.807, 2.05) is 19.1 Å². The fourth-order valence-corrected chi connectivity index (χ4v) is 3.38. The molecule has 0 heterocycles. The molecule has 0 spiro atoms. The SMILES string of the molecule is C=Cc1ccc2c(c1)CCC(c1c(F)cc(CC)cc1F)C2. The molecule has 0 radical (unpaired) electrons. The summed E-state index contributed by atoms with van der Waals surface area (Å²) in [5.41, 5.74) is 4.54. The minimum atomic E-state index is -0.395. The van der Waals surface area contributed by atoms with Gasteiger partial charge in [0.15, 0.2) is 0 Å². The zero-order chi connectivity index (χ0) is 15.7. The summed E-state index contributed by atoms with van der Waals surface area (Å²) in [4.78, 5) is 0. The highest BCUT2D eigenvalue weighted by Crippen LogP contribution is 2.36. The van der Waals surface area contributed by atoms with Gasteiger partial charge in [0.05, 0.1) is 0 Å². The molecule has 0 amide bonds. The van der Waals surface area contributed by atoms with E-state index in [4.69, 9.17) is 0 Å². The normalized spacial score (nSPS) is 17.1. The first-order valence-corrected chi connectivity index (χ1v) is 7.84. The molecule has 1 unspecified atom stereocenters. The minimum Gasteiger partial charge on any atom is -0.207 e. The van der Waals surface area contributed by atoms with E-state index >= 15 is 0 Å². The molecule has 0 nitrogen and oxygen atoms in total. The third-order valence-electron chi connectivity index (χ3n) is 4.65. The maximum Gasteiger partial charge on any atom is 0.129 e. The maximum atomic E-state index is 14.3. The summed E-state index contributed by atoms with van der Waals surface area (Å²) >= 11 is 0. The van der Waals surface area contributed by atoms with Crippen LogP contribution in [0.4, 0.5) is 8.78 Å². The molecule has 0 saturated carbocycles. The van der Waals surface area contributed by atoms with Crippen LogP contribution in [0.15, 0.2) is 36.9 Å². The molecule has 0 aliphatic heterocycles. The third-order valence-corrected chi connectivity index (χ3v) is 4.65. The first kappa shape index (κ1) is 15.0. The van der Waals surface area contributed by atoms with Crippen molar-refractivity contribution in [1.82, 2.24) is 0 Å². The highest BCUT2D eigenvalue weighted by atomic mass is 19.1. The largest absolute Gasteiger partial charge is 0.207 e. The van der Waals surface area contributed by atoms with E-state index in [-0.39, 0.29) is 11.5 Å². The van der Waals surface area contributed by atoms with E-state index in [1.165, 1.54) is 23.3 Å². The number of hydrogen-bond acceptors (Lipinski definition) is 0. The molecule has 0 saturated heterocycles. The lowest BCUT2D eigenvalue weighted by Gasteiger charge is -2.26. The predicted octanol–water partition coefficient (Wildman–Crippen LogP) is 5.44. The Morgan fingerprint density at radius 1 is 1.14 bits per heavy atom.